The highest BCUT2D eigenvalue weighted by atomic mass is 79.9. The van der Waals surface area contributed by atoms with Crippen LogP contribution < -0.4 is 9.47 Å². The fourth-order valence-electron chi connectivity index (χ4n) is 5.98. The molecule has 4 aliphatic carbocycles. The van der Waals surface area contributed by atoms with Gasteiger partial charge in [0.05, 0.1) is 29.1 Å². The van der Waals surface area contributed by atoms with Gasteiger partial charge in [-0.3, -0.25) is 9.59 Å². The van der Waals surface area contributed by atoms with Gasteiger partial charge in [-0.05, 0) is 88.3 Å². The lowest BCUT2D eigenvalue weighted by molar-refractivity contribution is -0.140. The number of allylic oxidation sites excluding steroid dienone is 2. The Kier molecular flexibility index (Phi) is 5.84. The van der Waals surface area contributed by atoms with E-state index in [0.29, 0.717) is 46.6 Å². The first-order valence-electron chi connectivity index (χ1n) is 11.9. The molecular weight excluding hydrogens is 576 g/mol. The number of hydrogen-bond donors (Lipinski definition) is 0. The van der Waals surface area contributed by atoms with E-state index in [-0.39, 0.29) is 35.5 Å². The third-order valence-corrected chi connectivity index (χ3v) is 8.71. The molecule has 2 amide bonds. The summed E-state index contributed by atoms with van der Waals surface area (Å²) in [5.41, 5.74) is 1.73. The highest BCUT2D eigenvalue weighted by Gasteiger charge is 2.67. The first-order chi connectivity index (χ1) is 17.0. The van der Waals surface area contributed by atoms with Crippen LogP contribution in [0.15, 0.2) is 62.6 Å². The predicted octanol–water partition coefficient (Wildman–Crippen LogP) is 5.58. The van der Waals surface area contributed by atoms with E-state index in [1.807, 2.05) is 43.3 Å². The summed E-state index contributed by atoms with van der Waals surface area (Å²) in [7, 11) is 0. The van der Waals surface area contributed by atoms with Crippen molar-refractivity contribution in [1.82, 2.24) is 5.01 Å². The van der Waals surface area contributed by atoms with Gasteiger partial charge in [0.1, 0.15) is 6.61 Å². The second kappa shape index (κ2) is 8.89. The Morgan fingerprint density at radius 1 is 1.00 bits per heavy atom. The smallest absolute Gasteiger partial charge is 0.254 e. The summed E-state index contributed by atoms with van der Waals surface area (Å²) in [6, 6.07) is 11.6. The van der Waals surface area contributed by atoms with Gasteiger partial charge in [0.25, 0.3) is 11.8 Å². The molecule has 0 radical (unpaired) electrons. The van der Waals surface area contributed by atoms with Gasteiger partial charge in [0.15, 0.2) is 11.5 Å². The summed E-state index contributed by atoms with van der Waals surface area (Å²) in [5.74, 6) is 1.84. The average molecular weight is 600 g/mol. The molecule has 5 aliphatic rings. The SMILES string of the molecule is CCOc1cc(/C=N\N2C(=O)[C@@H]3[C@H]4C=C[C@@H]([C@@H]5C[C@@H]45)[C@@H]3C2=O)cc(Br)c1OCc1ccc(Br)cc1. The molecule has 8 heteroatoms. The van der Waals surface area contributed by atoms with Crippen LogP contribution in [0, 0.1) is 35.5 Å². The molecule has 2 saturated carbocycles. The number of amides is 2. The van der Waals surface area contributed by atoms with Crippen LogP contribution in [0.2, 0.25) is 0 Å². The maximum absolute atomic E-state index is 13.2. The van der Waals surface area contributed by atoms with Crippen LogP contribution in [-0.2, 0) is 16.2 Å². The zero-order valence-electron chi connectivity index (χ0n) is 19.1. The summed E-state index contributed by atoms with van der Waals surface area (Å²) in [4.78, 5) is 26.3. The first kappa shape index (κ1) is 23.0. The highest BCUT2D eigenvalue weighted by Crippen LogP contribution is 2.65. The number of hydrogen-bond acceptors (Lipinski definition) is 5. The molecule has 2 aromatic rings. The number of carbonyl (C=O) groups excluding carboxylic acids is 2. The zero-order chi connectivity index (χ0) is 24.3. The molecule has 7 rings (SSSR count). The van der Waals surface area contributed by atoms with Crippen molar-refractivity contribution in [3.63, 3.8) is 0 Å². The molecular formula is C27H24Br2N2O4. The molecule has 6 nitrogen and oxygen atoms in total. The van der Waals surface area contributed by atoms with E-state index in [0.717, 1.165) is 21.5 Å². The minimum Gasteiger partial charge on any atom is -0.490 e. The van der Waals surface area contributed by atoms with E-state index in [1.165, 1.54) is 0 Å². The number of nitrogens with zero attached hydrogens (tertiary/aromatic N) is 2. The van der Waals surface area contributed by atoms with Crippen LogP contribution in [0.4, 0.5) is 0 Å². The number of benzene rings is 2. The number of ether oxygens (including phenoxy) is 2. The van der Waals surface area contributed by atoms with Gasteiger partial charge >= 0.3 is 0 Å². The molecule has 3 fully saturated rings. The topological polar surface area (TPSA) is 68.2 Å². The van der Waals surface area contributed by atoms with Gasteiger partial charge in [-0.2, -0.15) is 10.1 Å². The van der Waals surface area contributed by atoms with E-state index in [9.17, 15) is 9.59 Å². The fraction of sp³-hybridized carbons (Fsp3) is 0.370. The van der Waals surface area contributed by atoms with Crippen molar-refractivity contribution in [3.8, 4) is 11.5 Å². The second-order valence-corrected chi connectivity index (χ2v) is 11.3. The molecule has 2 bridgehead atoms. The highest BCUT2D eigenvalue weighted by molar-refractivity contribution is 9.10. The molecule has 180 valence electrons. The predicted molar refractivity (Wildman–Crippen MR) is 138 cm³/mol. The number of hydrazone groups is 1. The van der Waals surface area contributed by atoms with E-state index in [1.54, 1.807) is 6.21 Å². The minimum atomic E-state index is -0.251. The van der Waals surface area contributed by atoms with Crippen LogP contribution in [0.5, 0.6) is 11.5 Å². The van der Waals surface area contributed by atoms with Crippen molar-refractivity contribution in [2.24, 2.45) is 40.6 Å². The maximum Gasteiger partial charge on any atom is 0.254 e. The molecule has 0 aromatic heterocycles. The molecule has 1 aliphatic heterocycles. The molecule has 0 unspecified atom stereocenters. The first-order valence-corrected chi connectivity index (χ1v) is 13.5. The van der Waals surface area contributed by atoms with Crippen molar-refractivity contribution in [2.45, 2.75) is 20.0 Å². The molecule has 2 aromatic carbocycles. The van der Waals surface area contributed by atoms with Crippen LogP contribution in [0.25, 0.3) is 0 Å². The van der Waals surface area contributed by atoms with Crippen LogP contribution in [0.1, 0.15) is 24.5 Å². The Hall–Kier alpha value is -2.45. The summed E-state index contributed by atoms with van der Waals surface area (Å²) in [6.07, 6.45) is 7.02. The van der Waals surface area contributed by atoms with Gasteiger partial charge < -0.3 is 9.47 Å². The maximum atomic E-state index is 13.2. The van der Waals surface area contributed by atoms with E-state index < -0.39 is 0 Å². The number of imide groups is 1. The Morgan fingerprint density at radius 2 is 1.66 bits per heavy atom. The molecule has 1 saturated heterocycles. The quantitative estimate of drug-likeness (QED) is 0.237. The summed E-state index contributed by atoms with van der Waals surface area (Å²) in [6.45, 7) is 2.76. The average Bonchev–Trinajstić information content (AvgIpc) is 3.63. The van der Waals surface area contributed by atoms with E-state index >= 15 is 0 Å². The third-order valence-electron chi connectivity index (χ3n) is 7.59. The largest absolute Gasteiger partial charge is 0.490 e. The van der Waals surface area contributed by atoms with Gasteiger partial charge in [-0.15, -0.1) is 0 Å². The van der Waals surface area contributed by atoms with Gasteiger partial charge in [-0.25, -0.2) is 0 Å². The Labute approximate surface area is 220 Å². The van der Waals surface area contributed by atoms with Crippen molar-refractivity contribution in [2.75, 3.05) is 6.61 Å². The Morgan fingerprint density at radius 3 is 2.29 bits per heavy atom. The van der Waals surface area contributed by atoms with E-state index in [4.69, 9.17) is 9.47 Å². The molecule has 0 N–H and O–H groups in total. The summed E-state index contributed by atoms with van der Waals surface area (Å²) < 4.78 is 13.6. The normalized spacial score (nSPS) is 30.1. The monoisotopic (exact) mass is 598 g/mol. The minimum absolute atomic E-state index is 0.167. The second-order valence-electron chi connectivity index (χ2n) is 9.57. The van der Waals surface area contributed by atoms with Crippen molar-refractivity contribution in [3.05, 3.63) is 68.6 Å². The number of halogens is 2. The van der Waals surface area contributed by atoms with Gasteiger partial charge in [-0.1, -0.05) is 40.2 Å². The molecule has 1 heterocycles. The van der Waals surface area contributed by atoms with Gasteiger partial charge in [0, 0.05) is 4.47 Å². The number of rotatable bonds is 7. The van der Waals surface area contributed by atoms with Crippen LogP contribution in [-0.4, -0.2) is 29.6 Å². The van der Waals surface area contributed by atoms with Crippen molar-refractivity contribution >= 4 is 49.9 Å². The lowest BCUT2D eigenvalue weighted by Crippen LogP contribution is -2.40. The molecule has 35 heavy (non-hydrogen) atoms. The van der Waals surface area contributed by atoms with Crippen molar-refractivity contribution in [1.29, 1.82) is 0 Å². The third kappa shape index (κ3) is 3.95. The van der Waals surface area contributed by atoms with Gasteiger partial charge in [0.2, 0.25) is 0 Å². The van der Waals surface area contributed by atoms with Crippen molar-refractivity contribution < 1.29 is 19.1 Å². The lowest BCUT2D eigenvalue weighted by Gasteiger charge is -2.37. The lowest BCUT2D eigenvalue weighted by atomic mass is 9.63. The zero-order valence-corrected chi connectivity index (χ0v) is 22.2. The standard InChI is InChI=1S/C27H24Br2N2O4/c1-2-34-22-10-15(9-21(29)25(22)35-13-14-3-5-16(28)6-4-14)12-30-31-26(32)23-17-7-8-18(20-11-19(17)20)24(23)27(31)33/h3-10,12,17-20,23-24H,2,11,13H2,1H3/b30-12-/t17-,18-,19-,20-,23-,24+/m0/s1. The fourth-order valence-corrected chi connectivity index (χ4v) is 6.82. The molecule has 0 spiro atoms. The summed E-state index contributed by atoms with van der Waals surface area (Å²) in [5, 5.41) is 5.45. The number of carbonyl (C=O) groups is 2. The van der Waals surface area contributed by atoms with Crippen LogP contribution in [0.3, 0.4) is 0 Å². The Balaban J connectivity index is 1.21. The summed E-state index contributed by atoms with van der Waals surface area (Å²) >= 11 is 7.03. The Bertz CT molecular complexity index is 1220. The molecule has 6 atom stereocenters. The van der Waals surface area contributed by atoms with E-state index in [2.05, 4.69) is 49.1 Å². The van der Waals surface area contributed by atoms with Crippen LogP contribution >= 0.6 is 31.9 Å².